The lowest BCUT2D eigenvalue weighted by molar-refractivity contribution is -0.170. The van der Waals surface area contributed by atoms with E-state index in [1.54, 1.807) is 0 Å². The summed E-state index contributed by atoms with van der Waals surface area (Å²) in [5, 5.41) is 42.2. The van der Waals surface area contributed by atoms with Crippen molar-refractivity contribution < 1.29 is 44.7 Å². The Morgan fingerprint density at radius 2 is 1.32 bits per heavy atom. The van der Waals surface area contributed by atoms with Crippen LogP contribution in [0.4, 0.5) is 0 Å². The Kier molecular flexibility index (Phi) is 7.18. The van der Waals surface area contributed by atoms with Crippen LogP contribution >= 0.6 is 0 Å². The summed E-state index contributed by atoms with van der Waals surface area (Å²) >= 11 is 0. The van der Waals surface area contributed by atoms with Gasteiger partial charge in [0.2, 0.25) is 0 Å². The normalized spacial score (nSPS) is 10.0. The van der Waals surface area contributed by atoms with Crippen LogP contribution in [0.2, 0.25) is 0 Å². The third-order valence-electron chi connectivity index (χ3n) is 2.21. The number of hydrogen-bond donors (Lipinski definition) is 5. The predicted molar refractivity (Wildman–Crippen MR) is 68.3 cm³/mol. The number of nitrogens with zero attached hydrogens (tertiary/aromatic N) is 1. The second-order valence-corrected chi connectivity index (χ2v) is 4.02. The van der Waals surface area contributed by atoms with E-state index in [0.29, 0.717) is 0 Å². The molecule has 10 heteroatoms. The molecule has 0 unspecified atom stereocenters. The fraction of sp³-hybridized carbons (Fsp3) is 0.250. The molecular weight excluding hydrogens is 302 g/mol. The summed E-state index contributed by atoms with van der Waals surface area (Å²) in [4.78, 5) is 44.3. The van der Waals surface area contributed by atoms with E-state index in [1.165, 1.54) is 24.5 Å². The molecule has 0 aliphatic heterocycles. The van der Waals surface area contributed by atoms with E-state index in [9.17, 15) is 19.2 Å². The van der Waals surface area contributed by atoms with Crippen molar-refractivity contribution in [1.82, 2.24) is 4.98 Å². The number of hydrogen-bond acceptors (Lipinski definition) is 6. The molecule has 0 amide bonds. The van der Waals surface area contributed by atoms with E-state index in [-0.39, 0.29) is 5.56 Å². The molecule has 1 rings (SSSR count). The zero-order valence-corrected chi connectivity index (χ0v) is 11.0. The smallest absolute Gasteiger partial charge is 0.336 e. The fourth-order valence-corrected chi connectivity index (χ4v) is 1.21. The van der Waals surface area contributed by atoms with Crippen LogP contribution in [0.1, 0.15) is 23.2 Å². The average molecular weight is 315 g/mol. The van der Waals surface area contributed by atoms with Crippen molar-refractivity contribution in [1.29, 1.82) is 0 Å². The maximum Gasteiger partial charge on any atom is 0.336 e. The van der Waals surface area contributed by atoms with E-state index in [2.05, 4.69) is 4.98 Å². The summed E-state index contributed by atoms with van der Waals surface area (Å²) in [6.45, 7) is 0. The number of carbonyl (C=O) groups is 4. The standard InChI is InChI=1S/C6H5NO2.C6H8O7/c8-6(9)5-1-3-7-4-2-5;7-3(8)1-6(13,5(11)12)2-4(9)10/h1-4H,(H,8,9);13H,1-2H2,(H,7,8)(H,9,10)(H,11,12). The van der Waals surface area contributed by atoms with Gasteiger partial charge in [0.25, 0.3) is 0 Å². The molecule has 10 nitrogen and oxygen atoms in total. The average Bonchev–Trinajstić information content (AvgIpc) is 2.38. The van der Waals surface area contributed by atoms with E-state index in [0.717, 1.165) is 0 Å². The van der Waals surface area contributed by atoms with Crippen LogP contribution in [0.5, 0.6) is 0 Å². The van der Waals surface area contributed by atoms with Crippen LogP contribution in [0.15, 0.2) is 24.5 Å². The Bertz CT molecular complexity index is 539. The molecule has 0 bridgehead atoms. The highest BCUT2D eigenvalue weighted by Crippen LogP contribution is 2.15. The van der Waals surface area contributed by atoms with Crippen LogP contribution in [0.3, 0.4) is 0 Å². The quantitative estimate of drug-likeness (QED) is 0.460. The first-order valence-electron chi connectivity index (χ1n) is 5.61. The fourth-order valence-electron chi connectivity index (χ4n) is 1.21. The number of aromatic carboxylic acids is 1. The van der Waals surface area contributed by atoms with Gasteiger partial charge >= 0.3 is 23.9 Å². The van der Waals surface area contributed by atoms with Crippen LogP contribution in [-0.2, 0) is 14.4 Å². The molecule has 0 saturated heterocycles. The maximum atomic E-state index is 10.3. The molecule has 0 aliphatic carbocycles. The molecule has 1 aromatic heterocycles. The SMILES string of the molecule is O=C(O)CC(O)(CC(=O)O)C(=O)O.O=C(O)c1ccncc1. The Balaban J connectivity index is 0.000000425. The highest BCUT2D eigenvalue weighted by molar-refractivity contribution is 5.88. The number of aliphatic hydroxyl groups is 1. The minimum Gasteiger partial charge on any atom is -0.481 e. The Morgan fingerprint density at radius 1 is 0.909 bits per heavy atom. The van der Waals surface area contributed by atoms with Gasteiger partial charge in [0.1, 0.15) is 0 Å². The van der Waals surface area contributed by atoms with Crippen molar-refractivity contribution in [2.75, 3.05) is 0 Å². The van der Waals surface area contributed by atoms with Gasteiger partial charge in [-0.25, -0.2) is 9.59 Å². The molecule has 0 fully saturated rings. The second-order valence-electron chi connectivity index (χ2n) is 4.02. The molecule has 0 spiro atoms. The highest BCUT2D eigenvalue weighted by atomic mass is 16.4. The first-order valence-corrected chi connectivity index (χ1v) is 5.61. The molecule has 0 aromatic carbocycles. The molecule has 22 heavy (non-hydrogen) atoms. The van der Waals surface area contributed by atoms with Gasteiger partial charge in [-0.05, 0) is 12.1 Å². The topological polar surface area (TPSA) is 182 Å². The summed E-state index contributed by atoms with van der Waals surface area (Å²) in [6.07, 6.45) is 0.607. The van der Waals surface area contributed by atoms with Gasteiger partial charge in [-0.15, -0.1) is 0 Å². The van der Waals surface area contributed by atoms with E-state index < -0.39 is 42.3 Å². The van der Waals surface area contributed by atoms with Crippen molar-refractivity contribution in [3.8, 4) is 0 Å². The Labute approximate surface area is 123 Å². The molecule has 1 aromatic rings. The summed E-state index contributed by atoms with van der Waals surface area (Å²) in [7, 11) is 0. The molecule has 120 valence electrons. The second kappa shape index (κ2) is 8.32. The van der Waals surface area contributed by atoms with Gasteiger partial charge in [0.05, 0.1) is 18.4 Å². The zero-order chi connectivity index (χ0) is 17.3. The molecule has 0 atom stereocenters. The zero-order valence-electron chi connectivity index (χ0n) is 11.0. The monoisotopic (exact) mass is 315 g/mol. The van der Waals surface area contributed by atoms with Gasteiger partial charge in [-0.3, -0.25) is 14.6 Å². The summed E-state index contributed by atoms with van der Waals surface area (Å²) < 4.78 is 0. The third-order valence-corrected chi connectivity index (χ3v) is 2.21. The van der Waals surface area contributed by atoms with E-state index in [1.807, 2.05) is 0 Å². The number of aromatic nitrogens is 1. The molecule has 5 N–H and O–H groups in total. The lowest BCUT2D eigenvalue weighted by Gasteiger charge is -2.18. The van der Waals surface area contributed by atoms with Crippen LogP contribution in [-0.4, -0.2) is 60.0 Å². The minimum atomic E-state index is -2.74. The molecule has 1 heterocycles. The number of aliphatic carboxylic acids is 3. The third kappa shape index (κ3) is 6.96. The number of carboxylic acid groups (broad SMARTS) is 4. The van der Waals surface area contributed by atoms with E-state index in [4.69, 9.17) is 25.5 Å². The largest absolute Gasteiger partial charge is 0.481 e. The summed E-state index contributed by atoms with van der Waals surface area (Å²) in [5.41, 5.74) is -2.47. The van der Waals surface area contributed by atoms with Crippen molar-refractivity contribution >= 4 is 23.9 Å². The number of rotatable bonds is 6. The summed E-state index contributed by atoms with van der Waals surface area (Å²) in [6, 6.07) is 2.89. The van der Waals surface area contributed by atoms with Crippen molar-refractivity contribution in [3.63, 3.8) is 0 Å². The minimum absolute atomic E-state index is 0.269. The maximum absolute atomic E-state index is 10.3. The number of pyridine rings is 1. The first-order chi connectivity index (χ1) is 10.1. The number of carboxylic acids is 4. The highest BCUT2D eigenvalue weighted by Gasteiger charge is 2.40. The molecule has 0 radical (unpaired) electrons. The molecule has 0 aliphatic rings. The molecule has 0 saturated carbocycles. The van der Waals surface area contributed by atoms with Gasteiger partial charge < -0.3 is 25.5 Å². The lowest BCUT2D eigenvalue weighted by Crippen LogP contribution is -2.42. The van der Waals surface area contributed by atoms with Crippen molar-refractivity contribution in [2.24, 2.45) is 0 Å². The lowest BCUT2D eigenvalue weighted by atomic mass is 9.96. The van der Waals surface area contributed by atoms with Crippen LogP contribution in [0, 0.1) is 0 Å². The Hall–Kier alpha value is -3.01. The molecular formula is C12H13NO9. The van der Waals surface area contributed by atoms with Crippen molar-refractivity contribution in [2.45, 2.75) is 18.4 Å². The van der Waals surface area contributed by atoms with Crippen molar-refractivity contribution in [3.05, 3.63) is 30.1 Å². The van der Waals surface area contributed by atoms with Crippen LogP contribution < -0.4 is 0 Å². The van der Waals surface area contributed by atoms with E-state index >= 15 is 0 Å². The predicted octanol–water partition coefficient (Wildman–Crippen LogP) is -0.469. The first kappa shape index (κ1) is 19.0. The van der Waals surface area contributed by atoms with Gasteiger partial charge in [0.15, 0.2) is 5.60 Å². The van der Waals surface area contributed by atoms with Crippen LogP contribution in [0.25, 0.3) is 0 Å². The Morgan fingerprint density at radius 3 is 1.55 bits per heavy atom. The summed E-state index contributed by atoms with van der Waals surface area (Å²) in [5.74, 6) is -5.94. The van der Waals surface area contributed by atoms with Gasteiger partial charge in [0, 0.05) is 12.4 Å². The van der Waals surface area contributed by atoms with Gasteiger partial charge in [-0.1, -0.05) is 0 Å². The van der Waals surface area contributed by atoms with Gasteiger partial charge in [-0.2, -0.15) is 0 Å².